The molecule has 0 radical (unpaired) electrons. The van der Waals surface area contributed by atoms with E-state index in [0.717, 1.165) is 6.29 Å². The summed E-state index contributed by atoms with van der Waals surface area (Å²) < 4.78 is 7.08. The highest BCUT2D eigenvalue weighted by molar-refractivity contribution is 7.15. The second-order valence-corrected chi connectivity index (χ2v) is 3.99. The number of rotatable bonds is 4. The summed E-state index contributed by atoms with van der Waals surface area (Å²) in [4.78, 5) is 15.8. The Kier molecular flexibility index (Phi) is 3.26. The highest BCUT2D eigenvalue weighted by Crippen LogP contribution is 2.23. The summed E-state index contributed by atoms with van der Waals surface area (Å²) in [5, 5.41) is 0.524. The van der Waals surface area contributed by atoms with Gasteiger partial charge in [-0.3, -0.25) is 4.79 Å². The maximum Gasteiger partial charge on any atom is 0.389 e. The van der Waals surface area contributed by atoms with Crippen LogP contribution in [0.2, 0.25) is 0 Å². The third-order valence-corrected chi connectivity index (χ3v) is 2.83. The average molecular weight is 235 g/mol. The molecular weight excluding hydrogens is 224 g/mol. The van der Waals surface area contributed by atoms with E-state index in [2.05, 4.69) is 4.98 Å². The molecule has 4 nitrogen and oxygen atoms in total. The van der Waals surface area contributed by atoms with Crippen molar-refractivity contribution in [3.05, 3.63) is 35.5 Å². The topological polar surface area (TPSA) is 43.1 Å². The second kappa shape index (κ2) is 4.85. The minimum atomic E-state index is 0.524. The maximum absolute atomic E-state index is 10.9. The van der Waals surface area contributed by atoms with Crippen molar-refractivity contribution in [3.8, 4) is 11.0 Å². The van der Waals surface area contributed by atoms with Crippen molar-refractivity contribution in [3.63, 3.8) is 0 Å². The summed E-state index contributed by atoms with van der Waals surface area (Å²) in [5.74, 6) is 0.615. The minimum Gasteiger partial charge on any atom is -0.452 e. The fraction of sp³-hybridized carbons (Fsp3) is 0.182. The maximum atomic E-state index is 10.9. The molecule has 82 valence electrons. The lowest BCUT2D eigenvalue weighted by Crippen LogP contribution is -2.30. The van der Waals surface area contributed by atoms with Gasteiger partial charge in [0.1, 0.15) is 0 Å². The number of hydrogen-bond acceptors (Lipinski definition) is 4. The van der Waals surface area contributed by atoms with Crippen LogP contribution >= 0.6 is 11.3 Å². The number of nitrogens with zero attached hydrogens (tertiary/aromatic N) is 2. The molecule has 0 atom stereocenters. The van der Waals surface area contributed by atoms with Crippen molar-refractivity contribution >= 4 is 17.6 Å². The van der Waals surface area contributed by atoms with Gasteiger partial charge in [0.15, 0.2) is 11.2 Å². The fourth-order valence-corrected chi connectivity index (χ4v) is 2.08. The largest absolute Gasteiger partial charge is 0.452 e. The van der Waals surface area contributed by atoms with E-state index in [9.17, 15) is 4.79 Å². The van der Waals surface area contributed by atoms with Crippen LogP contribution in [0.25, 0.3) is 5.82 Å². The molecule has 0 N–H and O–H groups in total. The first-order valence-electron chi connectivity index (χ1n) is 4.90. The SMILES string of the molecule is CCOc1nc(-[n+]2ccccc2)c(C=O)s1. The normalized spacial score (nSPS) is 10.1. The van der Waals surface area contributed by atoms with Crippen LogP contribution < -0.4 is 9.30 Å². The number of carbonyl (C=O) groups excluding carboxylic acids is 1. The van der Waals surface area contributed by atoms with Gasteiger partial charge in [0.25, 0.3) is 0 Å². The van der Waals surface area contributed by atoms with Gasteiger partial charge in [0.05, 0.1) is 19.0 Å². The van der Waals surface area contributed by atoms with Crippen LogP contribution in [0.15, 0.2) is 30.6 Å². The minimum absolute atomic E-state index is 0.524. The van der Waals surface area contributed by atoms with E-state index in [-0.39, 0.29) is 0 Å². The van der Waals surface area contributed by atoms with E-state index in [0.29, 0.717) is 22.5 Å². The van der Waals surface area contributed by atoms with Crippen molar-refractivity contribution in [2.45, 2.75) is 6.92 Å². The first-order chi connectivity index (χ1) is 7.85. The predicted molar refractivity (Wildman–Crippen MR) is 60.2 cm³/mol. The highest BCUT2D eigenvalue weighted by Gasteiger charge is 2.22. The highest BCUT2D eigenvalue weighted by atomic mass is 32.1. The summed E-state index contributed by atoms with van der Waals surface area (Å²) >= 11 is 1.26. The fourth-order valence-electron chi connectivity index (χ4n) is 1.29. The van der Waals surface area contributed by atoms with Crippen LogP contribution in [0, 0.1) is 0 Å². The summed E-state index contributed by atoms with van der Waals surface area (Å²) in [7, 11) is 0. The molecule has 0 saturated heterocycles. The van der Waals surface area contributed by atoms with E-state index in [1.807, 2.05) is 37.5 Å². The van der Waals surface area contributed by atoms with Crippen molar-refractivity contribution in [2.24, 2.45) is 0 Å². The molecule has 0 amide bonds. The van der Waals surface area contributed by atoms with E-state index in [1.165, 1.54) is 11.3 Å². The molecule has 0 aromatic carbocycles. The van der Waals surface area contributed by atoms with Crippen molar-refractivity contribution < 1.29 is 14.1 Å². The standard InChI is InChI=1S/C11H11N2O2S/c1-2-15-11-12-10(9(8-14)16-11)13-6-4-3-5-7-13/h3-8H,2H2,1H3/q+1. The molecular formula is C11H11N2O2S+. The van der Waals surface area contributed by atoms with Crippen LogP contribution in [0.5, 0.6) is 5.19 Å². The number of aldehydes is 1. The number of ether oxygens (including phenoxy) is 1. The van der Waals surface area contributed by atoms with Crippen LogP contribution in [0.4, 0.5) is 0 Å². The first kappa shape index (κ1) is 10.8. The summed E-state index contributed by atoms with van der Waals surface area (Å²) in [6.07, 6.45) is 4.49. The van der Waals surface area contributed by atoms with Gasteiger partial charge < -0.3 is 4.74 Å². The monoisotopic (exact) mass is 235 g/mol. The van der Waals surface area contributed by atoms with Crippen molar-refractivity contribution in [1.82, 2.24) is 4.98 Å². The van der Waals surface area contributed by atoms with Crippen molar-refractivity contribution in [2.75, 3.05) is 6.61 Å². The Hall–Kier alpha value is -1.75. The molecule has 2 rings (SSSR count). The molecule has 0 aliphatic carbocycles. The van der Waals surface area contributed by atoms with Gasteiger partial charge in [0, 0.05) is 4.98 Å². The summed E-state index contributed by atoms with van der Waals surface area (Å²) in [5.41, 5.74) is 0. The molecule has 0 spiro atoms. The lowest BCUT2D eigenvalue weighted by atomic mass is 10.4. The third kappa shape index (κ3) is 2.09. The molecule has 0 saturated carbocycles. The van der Waals surface area contributed by atoms with Gasteiger partial charge >= 0.3 is 11.0 Å². The number of pyridine rings is 1. The van der Waals surface area contributed by atoms with Gasteiger partial charge in [-0.15, -0.1) is 0 Å². The van der Waals surface area contributed by atoms with E-state index < -0.39 is 0 Å². The summed E-state index contributed by atoms with van der Waals surface area (Å²) in [6.45, 7) is 2.43. The Labute approximate surface area is 97.1 Å². The molecule has 2 aromatic rings. The van der Waals surface area contributed by atoms with E-state index in [1.54, 1.807) is 4.57 Å². The van der Waals surface area contributed by atoms with Crippen LogP contribution in [0.1, 0.15) is 16.6 Å². The van der Waals surface area contributed by atoms with Crippen LogP contribution in [-0.2, 0) is 0 Å². The Morgan fingerprint density at radius 2 is 2.19 bits per heavy atom. The average Bonchev–Trinajstić information content (AvgIpc) is 2.74. The van der Waals surface area contributed by atoms with Crippen LogP contribution in [-0.4, -0.2) is 17.9 Å². The zero-order valence-electron chi connectivity index (χ0n) is 8.79. The predicted octanol–water partition coefficient (Wildman–Crippen LogP) is 1.63. The lowest BCUT2D eigenvalue weighted by Gasteiger charge is -1.91. The van der Waals surface area contributed by atoms with E-state index in [4.69, 9.17) is 4.74 Å². The molecule has 0 fully saturated rings. The smallest absolute Gasteiger partial charge is 0.389 e. The van der Waals surface area contributed by atoms with Gasteiger partial charge in [-0.1, -0.05) is 6.07 Å². The van der Waals surface area contributed by atoms with Gasteiger partial charge in [0.2, 0.25) is 0 Å². The van der Waals surface area contributed by atoms with Crippen LogP contribution in [0.3, 0.4) is 0 Å². The molecule has 0 aliphatic rings. The Morgan fingerprint density at radius 1 is 1.44 bits per heavy atom. The molecule has 16 heavy (non-hydrogen) atoms. The zero-order valence-corrected chi connectivity index (χ0v) is 9.61. The second-order valence-electron chi connectivity index (χ2n) is 3.00. The molecule has 0 bridgehead atoms. The Balaban J connectivity index is 2.43. The van der Waals surface area contributed by atoms with Gasteiger partial charge in [-0.25, -0.2) is 4.57 Å². The Morgan fingerprint density at radius 3 is 2.81 bits per heavy atom. The van der Waals surface area contributed by atoms with Gasteiger partial charge in [-0.05, 0) is 30.4 Å². The quantitative estimate of drug-likeness (QED) is 0.597. The number of carbonyl (C=O) groups is 1. The third-order valence-electron chi connectivity index (χ3n) is 1.95. The Bertz CT molecular complexity index is 482. The molecule has 0 aliphatic heterocycles. The summed E-state index contributed by atoms with van der Waals surface area (Å²) in [6, 6.07) is 5.68. The first-order valence-corrected chi connectivity index (χ1v) is 5.72. The number of thiazole rings is 1. The number of hydrogen-bond donors (Lipinski definition) is 0. The lowest BCUT2D eigenvalue weighted by molar-refractivity contribution is -0.599. The zero-order chi connectivity index (χ0) is 11.4. The van der Waals surface area contributed by atoms with E-state index >= 15 is 0 Å². The molecule has 2 heterocycles. The molecule has 2 aromatic heterocycles. The van der Waals surface area contributed by atoms with Crippen molar-refractivity contribution in [1.29, 1.82) is 0 Å². The molecule has 5 heteroatoms. The van der Waals surface area contributed by atoms with Gasteiger partial charge in [-0.2, -0.15) is 0 Å². The number of aromatic nitrogens is 2. The molecule has 0 unspecified atom stereocenters.